The van der Waals surface area contributed by atoms with Crippen LogP contribution >= 0.6 is 0 Å². The van der Waals surface area contributed by atoms with Crippen molar-refractivity contribution in [2.45, 2.75) is 66.5 Å². The molecule has 5 rings (SSSR count). The van der Waals surface area contributed by atoms with Gasteiger partial charge in [0.05, 0.1) is 0 Å². The van der Waals surface area contributed by atoms with Gasteiger partial charge in [0, 0.05) is 41.8 Å². The fraction of sp³-hybridized carbons (Fsp3) is 0.263. The van der Waals surface area contributed by atoms with E-state index in [1.165, 1.54) is 0 Å². The standard InChI is InChI=1S/C38H41N5O3/c1-24(2)17-21-43-36-32(14-9-18-40-36)33(28-10-7-11-29(22-28)46-23-27-15-19-39-20-16-27)35(37(43)44)42-38(45)41-34-30(25(3)4)12-8-13-31(34)26(5)6/h7-20,22,25-26H,21,23H2,1-6H3,(H2,41,42,45). The van der Waals surface area contributed by atoms with Crippen LogP contribution < -0.4 is 20.9 Å². The molecule has 5 aromatic rings. The third-order valence-corrected chi connectivity index (χ3v) is 7.83. The predicted molar refractivity (Wildman–Crippen MR) is 187 cm³/mol. The minimum atomic E-state index is -0.490. The van der Waals surface area contributed by atoms with Crippen LogP contribution in [0.5, 0.6) is 5.75 Å². The van der Waals surface area contributed by atoms with Crippen molar-refractivity contribution in [2.24, 2.45) is 0 Å². The number of aromatic nitrogens is 3. The second kappa shape index (κ2) is 14.2. The van der Waals surface area contributed by atoms with Crippen LogP contribution in [0.1, 0.15) is 70.1 Å². The lowest BCUT2D eigenvalue weighted by Gasteiger charge is -2.21. The Labute approximate surface area is 270 Å². The number of nitrogens with zero attached hydrogens (tertiary/aromatic N) is 3. The predicted octanol–water partition coefficient (Wildman–Crippen LogP) is 8.89. The van der Waals surface area contributed by atoms with Crippen molar-refractivity contribution in [3.05, 3.63) is 124 Å². The summed E-state index contributed by atoms with van der Waals surface area (Å²) in [6.07, 6.45) is 7.10. The zero-order chi connectivity index (χ0) is 32.8. The van der Waals surface area contributed by atoms with Gasteiger partial charge in [-0.3, -0.25) is 14.3 Å². The van der Waals surface area contributed by atoms with E-state index in [1.807, 2.05) is 86.7 Å². The molecule has 0 aliphatic rings. The topological polar surface area (TPSA) is 98.1 Å². The van der Waals surface area contributed by atoms with E-state index in [9.17, 15) is 9.59 Å². The Kier molecular flexibility index (Phi) is 9.96. The molecule has 3 heterocycles. The van der Waals surface area contributed by atoms with E-state index in [0.717, 1.165) is 38.9 Å². The largest absolute Gasteiger partial charge is 0.489 e. The lowest BCUT2D eigenvalue weighted by Crippen LogP contribution is -2.30. The van der Waals surface area contributed by atoms with Crippen molar-refractivity contribution in [2.75, 3.05) is 10.6 Å². The SMILES string of the molecule is CC(C)=CCn1c(=O)c(NC(=O)Nc2c(C(C)C)cccc2C(C)C)c(-c2cccc(OCc3ccncc3)c2)c2cccnc21. The monoisotopic (exact) mass is 615 g/mol. The van der Waals surface area contributed by atoms with Gasteiger partial charge in [-0.25, -0.2) is 9.78 Å². The fourth-order valence-corrected chi connectivity index (χ4v) is 5.48. The number of benzene rings is 2. The highest BCUT2D eigenvalue weighted by Crippen LogP contribution is 2.36. The molecule has 0 saturated heterocycles. The summed E-state index contributed by atoms with van der Waals surface area (Å²) >= 11 is 0. The van der Waals surface area contributed by atoms with Gasteiger partial charge in [-0.2, -0.15) is 0 Å². The first-order valence-electron chi connectivity index (χ1n) is 15.6. The number of allylic oxidation sites excluding steroid dienone is 2. The number of ether oxygens (including phenoxy) is 1. The summed E-state index contributed by atoms with van der Waals surface area (Å²) in [4.78, 5) is 36.9. The number of hydrogen-bond acceptors (Lipinski definition) is 5. The molecule has 0 aliphatic heterocycles. The third kappa shape index (κ3) is 7.18. The van der Waals surface area contributed by atoms with Crippen LogP contribution in [-0.2, 0) is 13.2 Å². The zero-order valence-corrected chi connectivity index (χ0v) is 27.3. The molecule has 0 spiro atoms. The first-order valence-corrected chi connectivity index (χ1v) is 15.6. The van der Waals surface area contributed by atoms with E-state index >= 15 is 0 Å². The second-order valence-corrected chi connectivity index (χ2v) is 12.2. The molecule has 0 fully saturated rings. The summed E-state index contributed by atoms with van der Waals surface area (Å²) in [7, 11) is 0. The lowest BCUT2D eigenvalue weighted by atomic mass is 9.93. The number of fused-ring (bicyclic) bond motifs is 1. The Bertz CT molecular complexity index is 1910. The van der Waals surface area contributed by atoms with Crippen LogP contribution in [0, 0.1) is 0 Å². The van der Waals surface area contributed by atoms with Gasteiger partial charge in [0.1, 0.15) is 23.7 Å². The minimum Gasteiger partial charge on any atom is -0.489 e. The Morgan fingerprint density at radius 2 is 1.54 bits per heavy atom. The Morgan fingerprint density at radius 3 is 2.22 bits per heavy atom. The maximum atomic E-state index is 14.3. The number of urea groups is 1. The summed E-state index contributed by atoms with van der Waals surface area (Å²) in [6.45, 7) is 13.0. The average Bonchev–Trinajstić information content (AvgIpc) is 3.04. The quantitative estimate of drug-likeness (QED) is 0.153. The summed E-state index contributed by atoms with van der Waals surface area (Å²) in [5.41, 5.74) is 6.53. The fourth-order valence-electron chi connectivity index (χ4n) is 5.48. The van der Waals surface area contributed by atoms with Gasteiger partial charge in [0.25, 0.3) is 5.56 Å². The van der Waals surface area contributed by atoms with Crippen LogP contribution in [0.15, 0.2) is 102 Å². The number of carbonyl (C=O) groups excluding carboxylic acids is 1. The molecule has 2 N–H and O–H groups in total. The van der Waals surface area contributed by atoms with Crippen molar-refractivity contribution in [1.82, 2.24) is 14.5 Å². The van der Waals surface area contributed by atoms with Crippen molar-refractivity contribution < 1.29 is 9.53 Å². The third-order valence-electron chi connectivity index (χ3n) is 7.83. The zero-order valence-electron chi connectivity index (χ0n) is 27.3. The smallest absolute Gasteiger partial charge is 0.323 e. The summed E-state index contributed by atoms with van der Waals surface area (Å²) in [5, 5.41) is 6.82. The van der Waals surface area contributed by atoms with E-state index < -0.39 is 6.03 Å². The van der Waals surface area contributed by atoms with Gasteiger partial charge in [-0.05, 0) is 84.3 Å². The molecule has 0 bridgehead atoms. The van der Waals surface area contributed by atoms with Crippen LogP contribution in [0.25, 0.3) is 22.2 Å². The Hall–Kier alpha value is -5.24. The molecular formula is C38H41N5O3. The molecule has 0 radical (unpaired) electrons. The van der Waals surface area contributed by atoms with Gasteiger partial charge < -0.3 is 15.4 Å². The molecule has 3 aromatic heterocycles. The molecule has 236 valence electrons. The van der Waals surface area contributed by atoms with Crippen molar-refractivity contribution in [1.29, 1.82) is 0 Å². The molecule has 46 heavy (non-hydrogen) atoms. The van der Waals surface area contributed by atoms with Crippen LogP contribution in [0.4, 0.5) is 16.2 Å². The molecular weight excluding hydrogens is 574 g/mol. The van der Waals surface area contributed by atoms with Gasteiger partial charge in [-0.1, -0.05) is 69.7 Å². The van der Waals surface area contributed by atoms with Crippen LogP contribution in [-0.4, -0.2) is 20.6 Å². The normalized spacial score (nSPS) is 11.1. The number of rotatable bonds is 10. The highest BCUT2D eigenvalue weighted by molar-refractivity contribution is 6.07. The van der Waals surface area contributed by atoms with E-state index in [4.69, 9.17) is 4.74 Å². The number of carbonyl (C=O) groups is 1. The molecule has 2 aromatic carbocycles. The molecule has 0 saturated carbocycles. The molecule has 2 amide bonds. The molecule has 0 unspecified atom stereocenters. The van der Waals surface area contributed by atoms with Crippen LogP contribution in [0.2, 0.25) is 0 Å². The maximum Gasteiger partial charge on any atom is 0.323 e. The first kappa shape index (κ1) is 32.2. The van der Waals surface area contributed by atoms with Gasteiger partial charge in [0.2, 0.25) is 0 Å². The van der Waals surface area contributed by atoms with Crippen molar-refractivity contribution in [3.8, 4) is 16.9 Å². The average molecular weight is 616 g/mol. The van der Waals surface area contributed by atoms with Crippen molar-refractivity contribution >= 4 is 28.4 Å². The summed E-state index contributed by atoms with van der Waals surface area (Å²) < 4.78 is 7.73. The highest BCUT2D eigenvalue weighted by Gasteiger charge is 2.22. The van der Waals surface area contributed by atoms with Crippen molar-refractivity contribution in [3.63, 3.8) is 0 Å². The van der Waals surface area contributed by atoms with E-state index in [0.29, 0.717) is 30.1 Å². The first-order chi connectivity index (χ1) is 22.1. The van der Waals surface area contributed by atoms with Crippen LogP contribution in [0.3, 0.4) is 0 Å². The number of para-hydroxylation sites is 1. The summed E-state index contributed by atoms with van der Waals surface area (Å²) in [6, 6.07) is 20.7. The van der Waals surface area contributed by atoms with Gasteiger partial charge in [0.15, 0.2) is 0 Å². The molecule has 8 nitrogen and oxygen atoms in total. The minimum absolute atomic E-state index is 0.166. The number of pyridine rings is 3. The summed E-state index contributed by atoms with van der Waals surface area (Å²) in [5.74, 6) is 1.00. The highest BCUT2D eigenvalue weighted by atomic mass is 16.5. The van der Waals surface area contributed by atoms with E-state index in [1.54, 1.807) is 23.2 Å². The molecule has 0 aliphatic carbocycles. The number of amides is 2. The van der Waals surface area contributed by atoms with Gasteiger partial charge in [-0.15, -0.1) is 0 Å². The number of nitrogens with one attached hydrogen (secondary N) is 2. The lowest BCUT2D eigenvalue weighted by molar-refractivity contribution is 0.262. The van der Waals surface area contributed by atoms with Gasteiger partial charge >= 0.3 is 6.03 Å². The van der Waals surface area contributed by atoms with E-state index in [-0.39, 0.29) is 23.1 Å². The molecule has 8 heteroatoms. The van der Waals surface area contributed by atoms with E-state index in [2.05, 4.69) is 48.3 Å². The second-order valence-electron chi connectivity index (χ2n) is 12.2. The Morgan fingerprint density at radius 1 is 0.870 bits per heavy atom. The molecule has 0 atom stereocenters. The number of hydrogen-bond donors (Lipinski definition) is 2. The maximum absolute atomic E-state index is 14.3. The Balaban J connectivity index is 1.63. The number of anilines is 2.